The van der Waals surface area contributed by atoms with Crippen molar-refractivity contribution in [2.45, 2.75) is 20.4 Å². The fourth-order valence-electron chi connectivity index (χ4n) is 4.25. The Balaban J connectivity index is 1.39. The van der Waals surface area contributed by atoms with Gasteiger partial charge in [0.15, 0.2) is 0 Å². The van der Waals surface area contributed by atoms with Gasteiger partial charge in [0.05, 0.1) is 11.4 Å². The number of anilines is 5. The molecule has 0 atom stereocenters. The van der Waals surface area contributed by atoms with Crippen LogP contribution < -0.4 is 15.3 Å². The van der Waals surface area contributed by atoms with Gasteiger partial charge in [0.2, 0.25) is 0 Å². The molecule has 0 saturated carbocycles. The average Bonchev–Trinajstić information content (AvgIpc) is 2.93. The van der Waals surface area contributed by atoms with E-state index in [1.54, 1.807) is 0 Å². The van der Waals surface area contributed by atoms with E-state index in [0.717, 1.165) is 28.4 Å². The molecule has 3 nitrogen and oxygen atoms in total. The smallest absolute Gasteiger partial charge is 0.0577 e. The molecule has 0 heterocycles. The van der Waals surface area contributed by atoms with Gasteiger partial charge in [-0.25, -0.2) is 5.43 Å². The summed E-state index contributed by atoms with van der Waals surface area (Å²) in [5.41, 5.74) is 13.0. The van der Waals surface area contributed by atoms with E-state index in [0.29, 0.717) is 6.54 Å². The highest BCUT2D eigenvalue weighted by atomic mass is 15.5. The first-order valence-corrected chi connectivity index (χ1v) is 12.3. The van der Waals surface area contributed by atoms with Crippen molar-refractivity contribution in [3.63, 3.8) is 0 Å². The van der Waals surface area contributed by atoms with Gasteiger partial charge in [0, 0.05) is 23.6 Å². The fraction of sp³-hybridized carbons (Fsp3) is 0.0909. The number of hydrogen-bond acceptors (Lipinski definition) is 3. The minimum Gasteiger partial charge on any atom is -0.311 e. The monoisotopic (exact) mass is 469 g/mol. The molecule has 0 amide bonds. The summed E-state index contributed by atoms with van der Waals surface area (Å²) in [6.07, 6.45) is 0. The third-order valence-electron chi connectivity index (χ3n) is 6.25. The maximum Gasteiger partial charge on any atom is 0.0577 e. The molecule has 36 heavy (non-hydrogen) atoms. The Bertz CT molecular complexity index is 1280. The van der Waals surface area contributed by atoms with Crippen LogP contribution in [-0.2, 0) is 6.54 Å². The zero-order valence-electron chi connectivity index (χ0n) is 20.8. The lowest BCUT2D eigenvalue weighted by Crippen LogP contribution is -2.33. The molecule has 178 valence electrons. The van der Waals surface area contributed by atoms with Gasteiger partial charge >= 0.3 is 0 Å². The molecule has 3 heteroatoms. The molecule has 5 aromatic rings. The molecule has 0 fully saturated rings. The van der Waals surface area contributed by atoms with E-state index in [-0.39, 0.29) is 0 Å². The zero-order chi connectivity index (χ0) is 24.7. The number of benzene rings is 5. The van der Waals surface area contributed by atoms with Crippen molar-refractivity contribution in [1.82, 2.24) is 5.43 Å². The number of rotatable bonds is 8. The van der Waals surface area contributed by atoms with Crippen molar-refractivity contribution in [3.05, 3.63) is 150 Å². The highest BCUT2D eigenvalue weighted by Gasteiger charge is 2.13. The van der Waals surface area contributed by atoms with Crippen LogP contribution in [0.25, 0.3) is 0 Å². The lowest BCUT2D eigenvalue weighted by Gasteiger charge is -2.27. The summed E-state index contributed by atoms with van der Waals surface area (Å²) in [6.45, 7) is 4.95. The van der Waals surface area contributed by atoms with Gasteiger partial charge in [-0.15, -0.1) is 0 Å². The van der Waals surface area contributed by atoms with Gasteiger partial charge in [-0.1, -0.05) is 83.9 Å². The lowest BCUT2D eigenvalue weighted by molar-refractivity contribution is 0.707. The molecule has 0 aliphatic carbocycles. The van der Waals surface area contributed by atoms with Crippen molar-refractivity contribution in [2.75, 3.05) is 9.91 Å². The summed E-state index contributed by atoms with van der Waals surface area (Å²) < 4.78 is 0. The second-order valence-corrected chi connectivity index (χ2v) is 9.01. The third kappa shape index (κ3) is 5.48. The highest BCUT2D eigenvalue weighted by Crippen LogP contribution is 2.35. The molecule has 0 aliphatic rings. The molecule has 1 N–H and O–H groups in total. The molecular formula is C33H31N3. The maximum atomic E-state index is 3.61. The molecule has 0 unspecified atom stereocenters. The molecule has 0 spiro atoms. The maximum absolute atomic E-state index is 3.61. The number of nitrogens with zero attached hydrogens (tertiary/aromatic N) is 2. The van der Waals surface area contributed by atoms with E-state index in [9.17, 15) is 0 Å². The standard InChI is InChI=1S/C33H31N3/c1-26-13-19-29(20-14-26)35(30-21-15-27(2)16-22-30)31-23-17-28(18-24-31)25-34-36(32-9-5-3-6-10-32)33-11-7-4-8-12-33/h3-24,34H,25H2,1-2H3. The summed E-state index contributed by atoms with van der Waals surface area (Å²) in [7, 11) is 0. The van der Waals surface area contributed by atoms with Gasteiger partial charge in [-0.2, -0.15) is 0 Å². The minimum atomic E-state index is 0.707. The summed E-state index contributed by atoms with van der Waals surface area (Å²) in [5.74, 6) is 0. The predicted octanol–water partition coefficient (Wildman–Crippen LogP) is 8.62. The predicted molar refractivity (Wildman–Crippen MR) is 152 cm³/mol. The molecule has 5 rings (SSSR count). The van der Waals surface area contributed by atoms with E-state index in [4.69, 9.17) is 0 Å². The van der Waals surface area contributed by atoms with Gasteiger partial charge in [0.25, 0.3) is 0 Å². The van der Waals surface area contributed by atoms with Crippen LogP contribution in [0.15, 0.2) is 133 Å². The summed E-state index contributed by atoms with van der Waals surface area (Å²) in [4.78, 5) is 2.30. The van der Waals surface area contributed by atoms with Crippen LogP contribution in [0, 0.1) is 13.8 Å². The van der Waals surface area contributed by atoms with Crippen LogP contribution in [-0.4, -0.2) is 0 Å². The number of aryl methyl sites for hydroxylation is 2. The number of nitrogens with one attached hydrogen (secondary N) is 1. The summed E-state index contributed by atoms with van der Waals surface area (Å²) >= 11 is 0. The quantitative estimate of drug-likeness (QED) is 0.229. The number of para-hydroxylation sites is 2. The van der Waals surface area contributed by atoms with E-state index in [2.05, 4.69) is 151 Å². The Hall–Kier alpha value is -4.34. The van der Waals surface area contributed by atoms with Crippen molar-refractivity contribution in [1.29, 1.82) is 0 Å². The van der Waals surface area contributed by atoms with Crippen molar-refractivity contribution >= 4 is 28.4 Å². The van der Waals surface area contributed by atoms with Gasteiger partial charge in [-0.3, -0.25) is 5.01 Å². The van der Waals surface area contributed by atoms with Crippen LogP contribution >= 0.6 is 0 Å². The average molecular weight is 470 g/mol. The topological polar surface area (TPSA) is 18.5 Å². The molecule has 0 aromatic heterocycles. The molecule has 5 aromatic carbocycles. The minimum absolute atomic E-state index is 0.707. The van der Waals surface area contributed by atoms with Crippen LogP contribution in [0.5, 0.6) is 0 Å². The van der Waals surface area contributed by atoms with Gasteiger partial charge in [0.1, 0.15) is 0 Å². The van der Waals surface area contributed by atoms with Crippen molar-refractivity contribution < 1.29 is 0 Å². The Kier molecular flexibility index (Phi) is 7.11. The number of hydrazine groups is 1. The van der Waals surface area contributed by atoms with Crippen LogP contribution in [0.3, 0.4) is 0 Å². The highest BCUT2D eigenvalue weighted by molar-refractivity contribution is 5.76. The zero-order valence-corrected chi connectivity index (χ0v) is 20.8. The molecule has 0 bridgehead atoms. The lowest BCUT2D eigenvalue weighted by atomic mass is 10.1. The summed E-state index contributed by atoms with van der Waals surface area (Å²) in [5, 5.41) is 2.14. The number of hydrogen-bond donors (Lipinski definition) is 1. The van der Waals surface area contributed by atoms with E-state index < -0.39 is 0 Å². The van der Waals surface area contributed by atoms with Gasteiger partial charge in [-0.05, 0) is 80.1 Å². The van der Waals surface area contributed by atoms with Crippen molar-refractivity contribution in [2.24, 2.45) is 0 Å². The SMILES string of the molecule is Cc1ccc(N(c2ccc(C)cc2)c2ccc(CNN(c3ccccc3)c3ccccc3)cc2)cc1. The normalized spacial score (nSPS) is 10.7. The molecular weight excluding hydrogens is 438 g/mol. The van der Waals surface area contributed by atoms with E-state index >= 15 is 0 Å². The Labute approximate surface area is 214 Å². The first-order chi connectivity index (χ1) is 17.7. The van der Waals surface area contributed by atoms with Crippen LogP contribution in [0.2, 0.25) is 0 Å². The first kappa shape index (κ1) is 23.4. The summed E-state index contributed by atoms with van der Waals surface area (Å²) in [6, 6.07) is 47.0. The first-order valence-electron chi connectivity index (χ1n) is 12.3. The van der Waals surface area contributed by atoms with Crippen molar-refractivity contribution in [3.8, 4) is 0 Å². The van der Waals surface area contributed by atoms with Gasteiger partial charge < -0.3 is 4.90 Å². The van der Waals surface area contributed by atoms with Crippen LogP contribution in [0.4, 0.5) is 28.4 Å². The second kappa shape index (κ2) is 10.9. The Morgan fingerprint density at radius 3 is 1.25 bits per heavy atom. The Morgan fingerprint density at radius 1 is 0.444 bits per heavy atom. The van der Waals surface area contributed by atoms with E-state index in [1.165, 1.54) is 16.7 Å². The molecule has 0 aliphatic heterocycles. The molecule has 0 radical (unpaired) electrons. The Morgan fingerprint density at radius 2 is 0.833 bits per heavy atom. The van der Waals surface area contributed by atoms with Crippen LogP contribution in [0.1, 0.15) is 16.7 Å². The fourth-order valence-corrected chi connectivity index (χ4v) is 4.25. The largest absolute Gasteiger partial charge is 0.311 e. The molecule has 0 saturated heterocycles. The third-order valence-corrected chi connectivity index (χ3v) is 6.25. The van der Waals surface area contributed by atoms with E-state index in [1.807, 2.05) is 12.1 Å². The second-order valence-electron chi connectivity index (χ2n) is 9.01.